The summed E-state index contributed by atoms with van der Waals surface area (Å²) in [6.07, 6.45) is 0. The molecule has 0 fully saturated rings. The Bertz CT molecular complexity index is 3590. The average molecular weight is 738 g/mol. The van der Waals surface area contributed by atoms with Crippen LogP contribution in [0.3, 0.4) is 0 Å². The van der Waals surface area contributed by atoms with E-state index in [-0.39, 0.29) is 0 Å². The molecule has 9 aromatic carbocycles. The van der Waals surface area contributed by atoms with Gasteiger partial charge in [-0.1, -0.05) is 164 Å². The second kappa shape index (κ2) is 11.8. The normalized spacial score (nSPS) is 12.1. The third kappa shape index (κ3) is 4.27. The molecule has 58 heavy (non-hydrogen) atoms. The van der Waals surface area contributed by atoms with Gasteiger partial charge in [0, 0.05) is 43.8 Å². The van der Waals surface area contributed by atoms with Gasteiger partial charge >= 0.3 is 0 Å². The molecule has 0 spiro atoms. The van der Waals surface area contributed by atoms with Crippen molar-refractivity contribution in [1.29, 1.82) is 0 Å². The van der Waals surface area contributed by atoms with Crippen LogP contribution in [0.25, 0.3) is 122 Å². The van der Waals surface area contributed by atoms with Crippen molar-refractivity contribution >= 4 is 65.2 Å². The maximum Gasteiger partial charge on any atom is 0.238 e. The van der Waals surface area contributed by atoms with Crippen molar-refractivity contribution in [3.05, 3.63) is 188 Å². The summed E-state index contributed by atoms with van der Waals surface area (Å²) in [4.78, 5) is 16.2. The molecule has 4 heterocycles. The summed E-state index contributed by atoms with van der Waals surface area (Å²) < 4.78 is 4.76. The smallest absolute Gasteiger partial charge is 0.238 e. The lowest BCUT2D eigenvalue weighted by atomic mass is 9.91. The molecule has 0 saturated heterocycles. The van der Waals surface area contributed by atoms with E-state index in [0.717, 1.165) is 49.1 Å². The summed E-state index contributed by atoms with van der Waals surface area (Å²) in [6, 6.07) is 67.2. The zero-order valence-electron chi connectivity index (χ0n) is 31.1. The minimum Gasteiger partial charge on any atom is -0.308 e. The molecule has 1 aliphatic heterocycles. The van der Waals surface area contributed by atoms with Gasteiger partial charge in [0.1, 0.15) is 0 Å². The van der Waals surface area contributed by atoms with E-state index in [0.29, 0.717) is 17.6 Å². The van der Waals surface area contributed by atoms with Crippen molar-refractivity contribution in [2.75, 3.05) is 0 Å². The molecule has 12 aromatic rings. The zero-order valence-corrected chi connectivity index (χ0v) is 31.1. The number of para-hydroxylation sites is 3. The highest BCUT2D eigenvalue weighted by Gasteiger charge is 2.29. The van der Waals surface area contributed by atoms with E-state index >= 15 is 0 Å². The maximum absolute atomic E-state index is 5.45. The van der Waals surface area contributed by atoms with Gasteiger partial charge in [-0.3, -0.25) is 4.57 Å². The molecule has 268 valence electrons. The number of nitrogens with zero attached hydrogens (tertiary/aromatic N) is 5. The SMILES string of the molecule is c1ccc2c(c1)-c1ccccc1-n1c3ccccc3c3cc4c(c-2c31)c1ccccc1n4-c1nc(-c2cccc3ccccc23)nc(-c2cccc3ccccc23)n1. The molecule has 0 radical (unpaired) electrons. The van der Waals surface area contributed by atoms with Crippen LogP contribution in [0.2, 0.25) is 0 Å². The fraction of sp³-hybridized carbons (Fsp3) is 0. The van der Waals surface area contributed by atoms with Crippen LogP contribution in [0.15, 0.2) is 188 Å². The fourth-order valence-corrected chi connectivity index (χ4v) is 9.68. The molecular weight excluding hydrogens is 707 g/mol. The standard InChI is InChI=1S/C53H31N5/c1-3-19-34-32(15-1)17-13-26-40(34)51-54-52(41-27-14-18-33-16-2-4-20-35(33)41)56-53(55-51)58-46-30-12-9-25-42(46)48-47(58)31-43-38-23-8-11-29-45(38)57-44-28-10-7-22-37(44)36-21-5-6-24-39(36)49(48)50(43)57/h1-31H. The minimum absolute atomic E-state index is 0.576. The largest absolute Gasteiger partial charge is 0.308 e. The van der Waals surface area contributed by atoms with Gasteiger partial charge < -0.3 is 4.57 Å². The predicted octanol–water partition coefficient (Wildman–Crippen LogP) is 13.4. The first-order valence-corrected chi connectivity index (χ1v) is 19.7. The Labute approximate surface area is 332 Å². The molecule has 3 aromatic heterocycles. The molecule has 13 rings (SSSR count). The number of hydrogen-bond acceptors (Lipinski definition) is 3. The van der Waals surface area contributed by atoms with E-state index in [2.05, 4.69) is 197 Å². The Morgan fingerprint density at radius 1 is 0.328 bits per heavy atom. The van der Waals surface area contributed by atoms with E-state index < -0.39 is 0 Å². The van der Waals surface area contributed by atoms with Crippen LogP contribution in [-0.4, -0.2) is 24.1 Å². The molecule has 0 unspecified atom stereocenters. The molecule has 1 aliphatic rings. The van der Waals surface area contributed by atoms with E-state index in [1.54, 1.807) is 0 Å². The van der Waals surface area contributed by atoms with Crippen molar-refractivity contribution in [2.45, 2.75) is 0 Å². The summed E-state index contributed by atoms with van der Waals surface area (Å²) in [7, 11) is 0. The Morgan fingerprint density at radius 3 is 1.52 bits per heavy atom. The van der Waals surface area contributed by atoms with Crippen LogP contribution in [0.1, 0.15) is 0 Å². The van der Waals surface area contributed by atoms with Gasteiger partial charge in [-0.15, -0.1) is 0 Å². The number of hydrogen-bond donors (Lipinski definition) is 0. The quantitative estimate of drug-likeness (QED) is 0.181. The third-order valence-electron chi connectivity index (χ3n) is 12.1. The second-order valence-corrected chi connectivity index (χ2v) is 15.1. The van der Waals surface area contributed by atoms with Gasteiger partial charge in [0.25, 0.3) is 0 Å². The highest BCUT2D eigenvalue weighted by Crippen LogP contribution is 2.51. The number of rotatable bonds is 3. The van der Waals surface area contributed by atoms with Gasteiger partial charge in [0.2, 0.25) is 5.95 Å². The topological polar surface area (TPSA) is 48.5 Å². The van der Waals surface area contributed by atoms with E-state index in [9.17, 15) is 0 Å². The predicted molar refractivity (Wildman–Crippen MR) is 239 cm³/mol. The van der Waals surface area contributed by atoms with E-state index in [1.165, 1.54) is 55.1 Å². The molecule has 0 bridgehead atoms. The molecule has 0 amide bonds. The number of fused-ring (bicyclic) bond motifs is 14. The molecule has 0 N–H and O–H groups in total. The summed E-state index contributed by atoms with van der Waals surface area (Å²) in [5.41, 5.74) is 12.4. The lowest BCUT2D eigenvalue weighted by Crippen LogP contribution is -2.07. The molecule has 0 aliphatic carbocycles. The Hall–Kier alpha value is -7.89. The Morgan fingerprint density at radius 2 is 0.828 bits per heavy atom. The maximum atomic E-state index is 5.45. The summed E-state index contributed by atoms with van der Waals surface area (Å²) in [5.74, 6) is 1.84. The van der Waals surface area contributed by atoms with Crippen molar-refractivity contribution in [3.63, 3.8) is 0 Å². The van der Waals surface area contributed by atoms with Crippen molar-refractivity contribution < 1.29 is 0 Å². The Kier molecular flexibility index (Phi) is 6.38. The lowest BCUT2D eigenvalue weighted by molar-refractivity contribution is 0.955. The average Bonchev–Trinajstić information content (AvgIpc) is 3.76. The van der Waals surface area contributed by atoms with Crippen LogP contribution in [-0.2, 0) is 0 Å². The minimum atomic E-state index is 0.576. The van der Waals surface area contributed by atoms with Crippen LogP contribution in [0, 0.1) is 0 Å². The highest BCUT2D eigenvalue weighted by atomic mass is 15.2. The second-order valence-electron chi connectivity index (χ2n) is 15.1. The monoisotopic (exact) mass is 737 g/mol. The van der Waals surface area contributed by atoms with Gasteiger partial charge in [0.05, 0.1) is 27.8 Å². The number of benzene rings is 9. The van der Waals surface area contributed by atoms with Gasteiger partial charge in [-0.25, -0.2) is 4.98 Å². The van der Waals surface area contributed by atoms with Gasteiger partial charge in [0.15, 0.2) is 11.6 Å². The van der Waals surface area contributed by atoms with Gasteiger partial charge in [-0.2, -0.15) is 9.97 Å². The van der Waals surface area contributed by atoms with Crippen molar-refractivity contribution in [2.24, 2.45) is 0 Å². The fourth-order valence-electron chi connectivity index (χ4n) is 9.68. The molecule has 5 nitrogen and oxygen atoms in total. The molecule has 0 saturated carbocycles. The summed E-state index contributed by atoms with van der Waals surface area (Å²) in [6.45, 7) is 0. The van der Waals surface area contributed by atoms with E-state index in [4.69, 9.17) is 15.0 Å². The van der Waals surface area contributed by atoms with Crippen LogP contribution < -0.4 is 0 Å². The van der Waals surface area contributed by atoms with Crippen molar-refractivity contribution in [3.8, 4) is 56.7 Å². The first-order chi connectivity index (χ1) is 28.8. The van der Waals surface area contributed by atoms with Gasteiger partial charge in [-0.05, 0) is 56.9 Å². The first-order valence-electron chi connectivity index (χ1n) is 19.7. The number of aromatic nitrogens is 5. The molecule has 0 atom stereocenters. The Balaban J connectivity index is 1.22. The summed E-state index contributed by atoms with van der Waals surface area (Å²) in [5, 5.41) is 9.18. The molecular formula is C53H31N5. The van der Waals surface area contributed by atoms with Crippen LogP contribution in [0.4, 0.5) is 0 Å². The van der Waals surface area contributed by atoms with Crippen molar-refractivity contribution in [1.82, 2.24) is 24.1 Å². The van der Waals surface area contributed by atoms with E-state index in [1.807, 2.05) is 0 Å². The van der Waals surface area contributed by atoms with Crippen LogP contribution >= 0.6 is 0 Å². The third-order valence-corrected chi connectivity index (χ3v) is 12.1. The highest BCUT2D eigenvalue weighted by molar-refractivity contribution is 6.28. The first kappa shape index (κ1) is 31.3. The molecule has 5 heteroatoms. The summed E-state index contributed by atoms with van der Waals surface area (Å²) >= 11 is 0. The lowest BCUT2D eigenvalue weighted by Gasteiger charge is -2.14. The zero-order chi connectivity index (χ0) is 37.9. The van der Waals surface area contributed by atoms with Crippen LogP contribution in [0.5, 0.6) is 0 Å².